The fourth-order valence-electron chi connectivity index (χ4n) is 2.53. The summed E-state index contributed by atoms with van der Waals surface area (Å²) in [7, 11) is 1.99. The number of likely N-dealkylation sites (tertiary alicyclic amines) is 1. The van der Waals surface area contributed by atoms with Gasteiger partial charge in [0.05, 0.1) is 11.2 Å². The van der Waals surface area contributed by atoms with Gasteiger partial charge in [-0.15, -0.1) is 0 Å². The Kier molecular flexibility index (Phi) is 5.92. The molecule has 1 aromatic carbocycles. The van der Waals surface area contributed by atoms with Crippen molar-refractivity contribution in [3.8, 4) is 5.75 Å². The van der Waals surface area contributed by atoms with Gasteiger partial charge in [-0.2, -0.15) is 0 Å². The second-order valence-corrected chi connectivity index (χ2v) is 5.99. The van der Waals surface area contributed by atoms with Gasteiger partial charge in [0, 0.05) is 26.2 Å². The van der Waals surface area contributed by atoms with Crippen molar-refractivity contribution in [2.24, 2.45) is 5.73 Å². The number of nitrogens with zero attached hydrogens (tertiary/aromatic N) is 1. The van der Waals surface area contributed by atoms with Crippen molar-refractivity contribution >= 4 is 5.91 Å². The standard InChI is InChI=1S/C16H24FN3O3/c1-20-7-4-16(22,5-8-20)11-19-15(21)13-10-12(17)2-3-14(13)23-9-6-18/h2-3,10,22H,4-9,11,18H2,1H3,(H,19,21). The zero-order valence-corrected chi connectivity index (χ0v) is 13.3. The molecule has 0 spiro atoms. The quantitative estimate of drug-likeness (QED) is 0.702. The van der Waals surface area contributed by atoms with Crippen molar-refractivity contribution in [3.05, 3.63) is 29.6 Å². The third kappa shape index (κ3) is 4.89. The summed E-state index contributed by atoms with van der Waals surface area (Å²) >= 11 is 0. The number of amides is 1. The fraction of sp³-hybridized carbons (Fsp3) is 0.562. The van der Waals surface area contributed by atoms with E-state index in [4.69, 9.17) is 10.5 Å². The molecule has 1 fully saturated rings. The van der Waals surface area contributed by atoms with E-state index in [-0.39, 0.29) is 24.5 Å². The Hall–Kier alpha value is -1.70. The van der Waals surface area contributed by atoms with E-state index in [1.165, 1.54) is 12.1 Å². The van der Waals surface area contributed by atoms with Crippen LogP contribution in [0.3, 0.4) is 0 Å². The van der Waals surface area contributed by atoms with Gasteiger partial charge in [0.25, 0.3) is 5.91 Å². The predicted molar refractivity (Wildman–Crippen MR) is 85.0 cm³/mol. The molecule has 4 N–H and O–H groups in total. The van der Waals surface area contributed by atoms with E-state index in [0.717, 1.165) is 19.2 Å². The Morgan fingerprint density at radius 3 is 2.83 bits per heavy atom. The Morgan fingerprint density at radius 2 is 2.17 bits per heavy atom. The molecule has 128 valence electrons. The summed E-state index contributed by atoms with van der Waals surface area (Å²) in [6, 6.07) is 3.76. The molecule has 0 aliphatic carbocycles. The van der Waals surface area contributed by atoms with Crippen LogP contribution >= 0.6 is 0 Å². The van der Waals surface area contributed by atoms with E-state index in [1.54, 1.807) is 0 Å². The van der Waals surface area contributed by atoms with Gasteiger partial charge in [0.15, 0.2) is 0 Å². The highest BCUT2D eigenvalue weighted by molar-refractivity contribution is 5.97. The molecule has 0 atom stereocenters. The first kappa shape index (κ1) is 17.7. The van der Waals surface area contributed by atoms with E-state index in [9.17, 15) is 14.3 Å². The van der Waals surface area contributed by atoms with Crippen molar-refractivity contribution in [3.63, 3.8) is 0 Å². The van der Waals surface area contributed by atoms with Crippen LogP contribution in [0.25, 0.3) is 0 Å². The van der Waals surface area contributed by atoms with E-state index in [0.29, 0.717) is 19.4 Å². The number of carbonyl (C=O) groups excluding carboxylic acids is 1. The summed E-state index contributed by atoms with van der Waals surface area (Å²) in [5.41, 5.74) is 4.56. The second-order valence-electron chi connectivity index (χ2n) is 5.99. The molecule has 1 aliphatic rings. The lowest BCUT2D eigenvalue weighted by Crippen LogP contribution is -2.50. The Labute approximate surface area is 135 Å². The summed E-state index contributed by atoms with van der Waals surface area (Å²) in [4.78, 5) is 14.4. The van der Waals surface area contributed by atoms with Crippen LogP contribution in [0.5, 0.6) is 5.75 Å². The molecule has 1 heterocycles. The number of aliphatic hydroxyl groups is 1. The van der Waals surface area contributed by atoms with Gasteiger partial charge < -0.3 is 25.8 Å². The molecule has 2 rings (SSSR count). The SMILES string of the molecule is CN1CCC(O)(CNC(=O)c2cc(F)ccc2OCCN)CC1. The van der Waals surface area contributed by atoms with E-state index < -0.39 is 17.3 Å². The number of nitrogens with two attached hydrogens (primary N) is 1. The van der Waals surface area contributed by atoms with Crippen molar-refractivity contribution in [2.75, 3.05) is 39.8 Å². The van der Waals surface area contributed by atoms with Gasteiger partial charge in [-0.25, -0.2) is 4.39 Å². The lowest BCUT2D eigenvalue weighted by molar-refractivity contribution is -0.0135. The Balaban J connectivity index is 2.01. The molecule has 0 aromatic heterocycles. The first-order chi connectivity index (χ1) is 10.9. The molecule has 0 radical (unpaired) electrons. The molecule has 6 nitrogen and oxygen atoms in total. The summed E-state index contributed by atoms with van der Waals surface area (Å²) in [6.07, 6.45) is 1.17. The number of hydrogen-bond acceptors (Lipinski definition) is 5. The average molecular weight is 325 g/mol. The Morgan fingerprint density at radius 1 is 1.48 bits per heavy atom. The van der Waals surface area contributed by atoms with Crippen molar-refractivity contribution in [2.45, 2.75) is 18.4 Å². The van der Waals surface area contributed by atoms with Crippen molar-refractivity contribution in [1.82, 2.24) is 10.2 Å². The minimum absolute atomic E-state index is 0.106. The third-order valence-corrected chi connectivity index (χ3v) is 4.06. The zero-order chi connectivity index (χ0) is 16.9. The highest BCUT2D eigenvalue weighted by Crippen LogP contribution is 2.22. The number of carbonyl (C=O) groups is 1. The van der Waals surface area contributed by atoms with E-state index in [1.807, 2.05) is 7.05 Å². The molecule has 7 heteroatoms. The van der Waals surface area contributed by atoms with Gasteiger partial charge in [-0.3, -0.25) is 4.79 Å². The third-order valence-electron chi connectivity index (χ3n) is 4.06. The lowest BCUT2D eigenvalue weighted by Gasteiger charge is -2.36. The van der Waals surface area contributed by atoms with Crippen LogP contribution in [0.1, 0.15) is 23.2 Å². The van der Waals surface area contributed by atoms with Crippen LogP contribution in [-0.4, -0.2) is 61.3 Å². The van der Waals surface area contributed by atoms with Crippen LogP contribution in [0, 0.1) is 5.82 Å². The van der Waals surface area contributed by atoms with Gasteiger partial charge in [-0.1, -0.05) is 0 Å². The number of hydrogen-bond donors (Lipinski definition) is 3. The largest absolute Gasteiger partial charge is 0.491 e. The Bertz CT molecular complexity index is 545. The van der Waals surface area contributed by atoms with Gasteiger partial charge in [0.2, 0.25) is 0 Å². The highest BCUT2D eigenvalue weighted by atomic mass is 19.1. The maximum absolute atomic E-state index is 13.4. The van der Waals surface area contributed by atoms with Crippen LogP contribution in [-0.2, 0) is 0 Å². The smallest absolute Gasteiger partial charge is 0.255 e. The minimum Gasteiger partial charge on any atom is -0.491 e. The number of rotatable bonds is 6. The first-order valence-electron chi connectivity index (χ1n) is 7.75. The van der Waals surface area contributed by atoms with Crippen LogP contribution in [0.15, 0.2) is 18.2 Å². The molecule has 1 aliphatic heterocycles. The molecule has 0 saturated carbocycles. The molecule has 1 aromatic rings. The molecule has 1 saturated heterocycles. The topological polar surface area (TPSA) is 87.8 Å². The number of nitrogens with one attached hydrogen (secondary N) is 1. The van der Waals surface area contributed by atoms with Crippen LogP contribution in [0.4, 0.5) is 4.39 Å². The number of ether oxygens (including phenoxy) is 1. The lowest BCUT2D eigenvalue weighted by atomic mass is 9.91. The molecular weight excluding hydrogens is 301 g/mol. The van der Waals surface area contributed by atoms with Crippen molar-refractivity contribution < 1.29 is 19.0 Å². The first-order valence-corrected chi connectivity index (χ1v) is 7.75. The number of piperidine rings is 1. The summed E-state index contributed by atoms with van der Waals surface area (Å²) in [5.74, 6) is -0.707. The molecule has 0 unspecified atom stereocenters. The molecule has 0 bridgehead atoms. The monoisotopic (exact) mass is 325 g/mol. The van der Waals surface area contributed by atoms with Gasteiger partial charge in [-0.05, 0) is 38.1 Å². The fourth-order valence-corrected chi connectivity index (χ4v) is 2.53. The number of halogens is 1. The van der Waals surface area contributed by atoms with E-state index >= 15 is 0 Å². The van der Waals surface area contributed by atoms with Gasteiger partial charge in [0.1, 0.15) is 18.2 Å². The average Bonchev–Trinajstić information content (AvgIpc) is 2.54. The maximum Gasteiger partial charge on any atom is 0.255 e. The highest BCUT2D eigenvalue weighted by Gasteiger charge is 2.31. The van der Waals surface area contributed by atoms with Crippen LogP contribution in [0.2, 0.25) is 0 Å². The van der Waals surface area contributed by atoms with Gasteiger partial charge >= 0.3 is 0 Å². The zero-order valence-electron chi connectivity index (χ0n) is 13.3. The summed E-state index contributed by atoms with van der Waals surface area (Å²) < 4.78 is 18.8. The van der Waals surface area contributed by atoms with Crippen molar-refractivity contribution in [1.29, 1.82) is 0 Å². The molecule has 1 amide bonds. The molecule has 23 heavy (non-hydrogen) atoms. The number of benzene rings is 1. The predicted octanol–water partition coefficient (Wildman–Crippen LogP) is 0.350. The summed E-state index contributed by atoms with van der Waals surface area (Å²) in [5, 5.41) is 13.2. The maximum atomic E-state index is 13.4. The van der Waals surface area contributed by atoms with Crippen LogP contribution < -0.4 is 15.8 Å². The summed E-state index contributed by atoms with van der Waals surface area (Å²) in [6.45, 7) is 2.22. The van der Waals surface area contributed by atoms with E-state index in [2.05, 4.69) is 10.2 Å². The minimum atomic E-state index is -0.923. The second kappa shape index (κ2) is 7.72. The molecular formula is C16H24FN3O3. The normalized spacial score (nSPS) is 17.7.